The van der Waals surface area contributed by atoms with Crippen LogP contribution in [0.1, 0.15) is 22.3 Å². The Labute approximate surface area is 246 Å². The Balaban J connectivity index is 1.81. The van der Waals surface area contributed by atoms with Crippen LogP contribution in [0.2, 0.25) is 0 Å². The molecule has 4 aromatic rings. The van der Waals surface area contributed by atoms with Gasteiger partial charge in [-0.15, -0.1) is 0 Å². The average molecular weight is 588 g/mol. The number of nitrogens with one attached hydrogen (secondary N) is 1. The lowest BCUT2D eigenvalue weighted by atomic mass is 10.0. The summed E-state index contributed by atoms with van der Waals surface area (Å²) < 4.78 is 42.9. The predicted molar refractivity (Wildman–Crippen MR) is 162 cm³/mol. The van der Waals surface area contributed by atoms with Crippen molar-refractivity contribution >= 4 is 27.5 Å². The number of aryl methyl sites for hydroxylation is 1. The molecule has 0 aliphatic carbocycles. The Morgan fingerprint density at radius 2 is 1.43 bits per heavy atom. The molecule has 0 aliphatic rings. The summed E-state index contributed by atoms with van der Waals surface area (Å²) in [6.45, 7) is 3.10. The molecule has 1 atom stereocenters. The second-order valence-corrected chi connectivity index (χ2v) is 11.9. The van der Waals surface area contributed by atoms with E-state index in [1.807, 2.05) is 50.2 Å². The van der Waals surface area contributed by atoms with E-state index in [4.69, 9.17) is 0 Å². The zero-order valence-corrected chi connectivity index (χ0v) is 24.6. The highest BCUT2D eigenvalue weighted by Gasteiger charge is 2.34. The number of nitrogens with zero attached hydrogens (tertiary/aromatic N) is 2. The molecule has 0 bridgehead atoms. The number of hydrogen-bond acceptors (Lipinski definition) is 4. The molecule has 9 heteroatoms. The van der Waals surface area contributed by atoms with Crippen molar-refractivity contribution in [1.29, 1.82) is 0 Å². The van der Waals surface area contributed by atoms with Crippen molar-refractivity contribution < 1.29 is 22.4 Å². The van der Waals surface area contributed by atoms with Crippen molar-refractivity contribution in [3.63, 3.8) is 0 Å². The number of carbonyl (C=O) groups is 2. The largest absolute Gasteiger partial charge is 0.357 e. The third-order valence-electron chi connectivity index (χ3n) is 7.24. The van der Waals surface area contributed by atoms with Crippen LogP contribution >= 0.6 is 0 Å². The monoisotopic (exact) mass is 587 g/mol. The van der Waals surface area contributed by atoms with Crippen LogP contribution in [0, 0.1) is 19.7 Å². The molecule has 7 nitrogen and oxygen atoms in total. The van der Waals surface area contributed by atoms with Gasteiger partial charge < -0.3 is 10.2 Å². The fourth-order valence-electron chi connectivity index (χ4n) is 4.75. The quantitative estimate of drug-likeness (QED) is 0.267. The Bertz CT molecular complexity index is 1630. The molecule has 4 rings (SSSR count). The second-order valence-electron chi connectivity index (χ2n) is 10.0. The van der Waals surface area contributed by atoms with Gasteiger partial charge in [-0.25, -0.2) is 12.8 Å². The molecule has 0 unspecified atom stereocenters. The summed E-state index contributed by atoms with van der Waals surface area (Å²) in [7, 11) is -2.69. The Hall–Kier alpha value is -4.50. The molecular weight excluding hydrogens is 553 g/mol. The minimum absolute atomic E-state index is 0.0317. The number of likely N-dealkylation sites (N-methyl/N-ethyl adjacent to an activating group) is 1. The summed E-state index contributed by atoms with van der Waals surface area (Å²) in [5.41, 5.74) is 3.36. The SMILES string of the molecule is CNC(=O)[C@H](Cc1ccccc1)N(Cc1ccc(F)cc1)C(=O)CN(c1cccc(C)c1C)S(=O)(=O)c1ccccc1. The van der Waals surface area contributed by atoms with Crippen LogP contribution in [0.4, 0.5) is 10.1 Å². The van der Waals surface area contributed by atoms with E-state index in [2.05, 4.69) is 5.32 Å². The van der Waals surface area contributed by atoms with Gasteiger partial charge in [-0.3, -0.25) is 13.9 Å². The van der Waals surface area contributed by atoms with Crippen molar-refractivity contribution in [2.75, 3.05) is 17.9 Å². The number of rotatable bonds is 11. The standard InChI is InChI=1S/C33H34FN3O4S/c1-24-11-10-16-30(25(24)2)37(42(40,41)29-14-8-5-9-15-29)23-32(38)36(22-27-17-19-28(34)20-18-27)31(33(39)35-3)21-26-12-6-4-7-13-26/h4-20,31H,21-23H2,1-3H3,(H,35,39)/t31-/m0/s1. The first-order valence-corrected chi connectivity index (χ1v) is 15.0. The molecule has 0 radical (unpaired) electrons. The summed E-state index contributed by atoms with van der Waals surface area (Å²) in [5.74, 6) is -1.42. The maximum Gasteiger partial charge on any atom is 0.264 e. The molecular formula is C33H34FN3O4S. The van der Waals surface area contributed by atoms with Gasteiger partial charge in [0.25, 0.3) is 10.0 Å². The first-order valence-electron chi connectivity index (χ1n) is 13.5. The molecule has 2 amide bonds. The zero-order valence-electron chi connectivity index (χ0n) is 23.8. The lowest BCUT2D eigenvalue weighted by Gasteiger charge is -2.34. The molecule has 0 spiro atoms. The topological polar surface area (TPSA) is 86.8 Å². The van der Waals surface area contributed by atoms with Gasteiger partial charge >= 0.3 is 0 Å². The van der Waals surface area contributed by atoms with E-state index in [1.165, 1.54) is 36.2 Å². The van der Waals surface area contributed by atoms with Crippen molar-refractivity contribution in [3.8, 4) is 0 Å². The molecule has 0 saturated heterocycles. The second kappa shape index (κ2) is 13.4. The molecule has 0 aromatic heterocycles. The number of halogens is 1. The Kier molecular flexibility index (Phi) is 9.75. The molecule has 0 fully saturated rings. The highest BCUT2D eigenvalue weighted by Crippen LogP contribution is 2.29. The van der Waals surface area contributed by atoms with Gasteiger partial charge in [0.15, 0.2) is 0 Å². The van der Waals surface area contributed by atoms with Gasteiger partial charge in [0, 0.05) is 20.0 Å². The zero-order chi connectivity index (χ0) is 30.3. The van der Waals surface area contributed by atoms with Crippen molar-refractivity contribution in [1.82, 2.24) is 10.2 Å². The lowest BCUT2D eigenvalue weighted by molar-refractivity contribution is -0.139. The summed E-state index contributed by atoms with van der Waals surface area (Å²) in [6.07, 6.45) is 0.197. The van der Waals surface area contributed by atoms with Crippen LogP contribution in [-0.2, 0) is 32.6 Å². The number of anilines is 1. The highest BCUT2D eigenvalue weighted by molar-refractivity contribution is 7.92. The summed E-state index contributed by atoms with van der Waals surface area (Å²) in [5, 5.41) is 2.65. The van der Waals surface area contributed by atoms with Gasteiger partial charge in [0.2, 0.25) is 11.8 Å². The fraction of sp³-hybridized carbons (Fsp3) is 0.212. The molecule has 0 saturated carbocycles. The van der Waals surface area contributed by atoms with Crippen molar-refractivity contribution in [3.05, 3.63) is 131 Å². The van der Waals surface area contributed by atoms with E-state index in [-0.39, 0.29) is 17.9 Å². The molecule has 4 aromatic carbocycles. The number of sulfonamides is 1. The van der Waals surface area contributed by atoms with Gasteiger partial charge in [-0.1, -0.05) is 72.8 Å². The fourth-order valence-corrected chi connectivity index (χ4v) is 6.24. The van der Waals surface area contributed by atoms with Gasteiger partial charge in [-0.2, -0.15) is 0 Å². The maximum absolute atomic E-state index is 14.3. The lowest BCUT2D eigenvalue weighted by Crippen LogP contribution is -2.53. The average Bonchev–Trinajstić information content (AvgIpc) is 3.00. The number of benzene rings is 4. The Morgan fingerprint density at radius 3 is 2.05 bits per heavy atom. The van der Waals surface area contributed by atoms with E-state index < -0.39 is 40.2 Å². The summed E-state index contributed by atoms with van der Waals surface area (Å²) in [6, 6.07) is 27.2. The van der Waals surface area contributed by atoms with Gasteiger partial charge in [-0.05, 0) is 66.4 Å². The number of amides is 2. The predicted octanol–water partition coefficient (Wildman–Crippen LogP) is 5.02. The van der Waals surface area contributed by atoms with Crippen LogP contribution < -0.4 is 9.62 Å². The minimum Gasteiger partial charge on any atom is -0.357 e. The van der Waals surface area contributed by atoms with Crippen molar-refractivity contribution in [2.24, 2.45) is 0 Å². The number of hydrogen-bond donors (Lipinski definition) is 1. The van der Waals surface area contributed by atoms with E-state index in [1.54, 1.807) is 42.5 Å². The van der Waals surface area contributed by atoms with E-state index >= 15 is 0 Å². The highest BCUT2D eigenvalue weighted by atomic mass is 32.2. The van der Waals surface area contributed by atoms with E-state index in [0.717, 1.165) is 15.4 Å². The number of carbonyl (C=O) groups excluding carboxylic acids is 2. The summed E-state index contributed by atoms with van der Waals surface area (Å²) in [4.78, 5) is 29.0. The van der Waals surface area contributed by atoms with Gasteiger partial charge in [0.05, 0.1) is 10.6 Å². The Morgan fingerprint density at radius 1 is 0.810 bits per heavy atom. The van der Waals surface area contributed by atoms with Crippen LogP contribution in [-0.4, -0.2) is 44.8 Å². The van der Waals surface area contributed by atoms with E-state index in [0.29, 0.717) is 16.8 Å². The van der Waals surface area contributed by atoms with Crippen LogP contribution in [0.25, 0.3) is 0 Å². The molecule has 1 N–H and O–H groups in total. The van der Waals surface area contributed by atoms with Crippen LogP contribution in [0.15, 0.2) is 108 Å². The third kappa shape index (κ3) is 7.03. The normalized spacial score (nSPS) is 11.9. The van der Waals surface area contributed by atoms with Crippen molar-refractivity contribution in [2.45, 2.75) is 37.8 Å². The minimum atomic E-state index is -4.18. The van der Waals surface area contributed by atoms with Gasteiger partial charge in [0.1, 0.15) is 18.4 Å². The molecule has 42 heavy (non-hydrogen) atoms. The third-order valence-corrected chi connectivity index (χ3v) is 9.01. The first kappa shape index (κ1) is 30.5. The van der Waals surface area contributed by atoms with Crippen LogP contribution in [0.3, 0.4) is 0 Å². The summed E-state index contributed by atoms with van der Waals surface area (Å²) >= 11 is 0. The first-order chi connectivity index (χ1) is 20.1. The smallest absolute Gasteiger partial charge is 0.264 e. The van der Waals surface area contributed by atoms with Crippen LogP contribution in [0.5, 0.6) is 0 Å². The molecule has 0 heterocycles. The van der Waals surface area contributed by atoms with E-state index in [9.17, 15) is 22.4 Å². The maximum atomic E-state index is 14.3. The molecule has 218 valence electrons. The molecule has 0 aliphatic heterocycles.